The maximum Gasteiger partial charge on any atom is 0.255 e. The van der Waals surface area contributed by atoms with Crippen LogP contribution < -0.4 is 5.32 Å². The number of rotatable bonds is 6. The topological polar surface area (TPSA) is 66.5 Å². The van der Waals surface area contributed by atoms with Gasteiger partial charge in [-0.2, -0.15) is 4.31 Å². The van der Waals surface area contributed by atoms with E-state index in [4.69, 9.17) is 0 Å². The van der Waals surface area contributed by atoms with Gasteiger partial charge in [0.2, 0.25) is 10.0 Å². The molecule has 0 atom stereocenters. The van der Waals surface area contributed by atoms with Crippen LogP contribution in [0, 0.1) is 6.92 Å². The molecule has 3 rings (SSSR count). The quantitative estimate of drug-likeness (QED) is 0.685. The van der Waals surface area contributed by atoms with Gasteiger partial charge in [-0.05, 0) is 42.8 Å². The first-order valence-corrected chi connectivity index (χ1v) is 10.3. The Morgan fingerprint density at radius 1 is 0.929 bits per heavy atom. The number of aryl methyl sites for hydroxylation is 1. The second kappa shape index (κ2) is 8.37. The van der Waals surface area contributed by atoms with Crippen LogP contribution in [-0.4, -0.2) is 25.7 Å². The van der Waals surface area contributed by atoms with Gasteiger partial charge in [0.1, 0.15) is 0 Å². The number of carbonyl (C=O) groups excluding carboxylic acids is 1. The summed E-state index contributed by atoms with van der Waals surface area (Å²) in [5.41, 5.74) is 2.93. The molecule has 0 fully saturated rings. The first-order chi connectivity index (χ1) is 13.4. The summed E-state index contributed by atoms with van der Waals surface area (Å²) >= 11 is 0. The molecule has 0 aliphatic rings. The van der Waals surface area contributed by atoms with Crippen molar-refractivity contribution >= 4 is 21.6 Å². The smallest absolute Gasteiger partial charge is 0.255 e. The molecule has 1 amide bonds. The van der Waals surface area contributed by atoms with Gasteiger partial charge < -0.3 is 5.32 Å². The molecule has 0 saturated heterocycles. The van der Waals surface area contributed by atoms with Crippen LogP contribution in [0.1, 0.15) is 21.5 Å². The van der Waals surface area contributed by atoms with Gasteiger partial charge in [-0.25, -0.2) is 8.42 Å². The van der Waals surface area contributed by atoms with Gasteiger partial charge in [-0.3, -0.25) is 4.79 Å². The molecule has 1 N–H and O–H groups in total. The maximum absolute atomic E-state index is 12.9. The normalized spacial score (nSPS) is 11.4. The lowest BCUT2D eigenvalue weighted by molar-refractivity contribution is 0.102. The Morgan fingerprint density at radius 2 is 1.61 bits per heavy atom. The van der Waals surface area contributed by atoms with E-state index in [9.17, 15) is 13.2 Å². The van der Waals surface area contributed by atoms with Gasteiger partial charge in [0, 0.05) is 24.8 Å². The summed E-state index contributed by atoms with van der Waals surface area (Å²) in [6.07, 6.45) is 0. The first kappa shape index (κ1) is 19.8. The lowest BCUT2D eigenvalue weighted by atomic mass is 10.2. The van der Waals surface area contributed by atoms with Crippen LogP contribution in [0.15, 0.2) is 83.8 Å². The monoisotopic (exact) mass is 394 g/mol. The van der Waals surface area contributed by atoms with E-state index in [1.165, 1.54) is 23.5 Å². The predicted octanol–water partition coefficient (Wildman–Crippen LogP) is 4.07. The molecule has 0 bridgehead atoms. The second-order valence-corrected chi connectivity index (χ2v) is 8.64. The van der Waals surface area contributed by atoms with Crippen LogP contribution in [-0.2, 0) is 16.6 Å². The van der Waals surface area contributed by atoms with Crippen molar-refractivity contribution in [2.45, 2.75) is 18.4 Å². The molecular formula is C22H22N2O3S. The number of nitrogens with zero attached hydrogens (tertiary/aromatic N) is 1. The Bertz CT molecular complexity index is 1060. The molecule has 144 valence electrons. The molecule has 28 heavy (non-hydrogen) atoms. The van der Waals surface area contributed by atoms with Crippen LogP contribution in [0.5, 0.6) is 0 Å². The molecule has 0 saturated carbocycles. The molecule has 3 aromatic rings. The van der Waals surface area contributed by atoms with Gasteiger partial charge in [-0.1, -0.05) is 54.1 Å². The van der Waals surface area contributed by atoms with Gasteiger partial charge in [0.05, 0.1) is 4.90 Å². The predicted molar refractivity (Wildman–Crippen MR) is 111 cm³/mol. The summed E-state index contributed by atoms with van der Waals surface area (Å²) < 4.78 is 27.1. The minimum atomic E-state index is -3.72. The fraction of sp³-hybridized carbons (Fsp3) is 0.136. The fourth-order valence-electron chi connectivity index (χ4n) is 2.74. The summed E-state index contributed by atoms with van der Waals surface area (Å²) in [5.74, 6) is -0.355. The summed E-state index contributed by atoms with van der Waals surface area (Å²) in [5, 5.41) is 2.79. The standard InChI is InChI=1S/C22H22N2O3S/c1-17-11-13-20(14-12-17)23-22(25)19-9-6-10-21(15-19)28(26,27)24(2)16-18-7-4-3-5-8-18/h3-15H,16H2,1-2H3,(H,23,25). The SMILES string of the molecule is Cc1ccc(NC(=O)c2cccc(S(=O)(=O)N(C)Cc3ccccc3)c2)cc1. The average Bonchev–Trinajstić information content (AvgIpc) is 2.70. The highest BCUT2D eigenvalue weighted by Crippen LogP contribution is 2.19. The molecule has 0 aromatic heterocycles. The van der Waals surface area contributed by atoms with Gasteiger partial charge in [-0.15, -0.1) is 0 Å². The molecular weight excluding hydrogens is 372 g/mol. The van der Waals surface area contributed by atoms with Crippen LogP contribution in [0.25, 0.3) is 0 Å². The van der Waals surface area contributed by atoms with Crippen molar-refractivity contribution in [3.8, 4) is 0 Å². The molecule has 0 heterocycles. The third kappa shape index (κ3) is 4.65. The van der Waals surface area contributed by atoms with Crippen molar-refractivity contribution in [2.24, 2.45) is 0 Å². The van der Waals surface area contributed by atoms with Crippen molar-refractivity contribution in [3.05, 3.63) is 95.6 Å². The van der Waals surface area contributed by atoms with E-state index >= 15 is 0 Å². The fourth-order valence-corrected chi connectivity index (χ4v) is 3.95. The van der Waals surface area contributed by atoms with Crippen molar-refractivity contribution in [2.75, 3.05) is 12.4 Å². The van der Waals surface area contributed by atoms with Crippen molar-refractivity contribution in [1.82, 2.24) is 4.31 Å². The van der Waals surface area contributed by atoms with Crippen LogP contribution in [0.2, 0.25) is 0 Å². The zero-order chi connectivity index (χ0) is 20.1. The van der Waals surface area contributed by atoms with E-state index in [0.29, 0.717) is 5.69 Å². The van der Waals surface area contributed by atoms with E-state index in [1.807, 2.05) is 61.5 Å². The molecule has 6 heteroatoms. The Kier molecular flexibility index (Phi) is 5.92. The van der Waals surface area contributed by atoms with Gasteiger partial charge in [0.15, 0.2) is 0 Å². The molecule has 3 aromatic carbocycles. The van der Waals surface area contributed by atoms with Crippen LogP contribution in [0.3, 0.4) is 0 Å². The molecule has 0 aliphatic heterocycles. The summed E-state index contributed by atoms with van der Waals surface area (Å²) in [7, 11) is -2.19. The number of amides is 1. The summed E-state index contributed by atoms with van der Waals surface area (Å²) in [6.45, 7) is 2.22. The van der Waals surface area contributed by atoms with Crippen molar-refractivity contribution < 1.29 is 13.2 Å². The van der Waals surface area contributed by atoms with E-state index in [2.05, 4.69) is 5.32 Å². The van der Waals surface area contributed by atoms with E-state index in [-0.39, 0.29) is 22.9 Å². The molecule has 0 unspecified atom stereocenters. The second-order valence-electron chi connectivity index (χ2n) is 6.59. The zero-order valence-corrected chi connectivity index (χ0v) is 16.6. The number of anilines is 1. The van der Waals surface area contributed by atoms with Gasteiger partial charge in [0.25, 0.3) is 5.91 Å². The number of hydrogen-bond donors (Lipinski definition) is 1. The van der Waals surface area contributed by atoms with E-state index in [1.54, 1.807) is 12.1 Å². The highest BCUT2D eigenvalue weighted by Gasteiger charge is 2.22. The lowest BCUT2D eigenvalue weighted by Gasteiger charge is -2.18. The number of benzene rings is 3. The minimum absolute atomic E-state index is 0.0856. The average molecular weight is 394 g/mol. The maximum atomic E-state index is 12.9. The number of sulfonamides is 1. The van der Waals surface area contributed by atoms with Crippen LogP contribution in [0.4, 0.5) is 5.69 Å². The zero-order valence-electron chi connectivity index (χ0n) is 15.8. The number of carbonyl (C=O) groups is 1. The molecule has 0 radical (unpaired) electrons. The molecule has 5 nitrogen and oxygen atoms in total. The first-order valence-electron chi connectivity index (χ1n) is 8.84. The Morgan fingerprint density at radius 3 is 2.29 bits per heavy atom. The van der Waals surface area contributed by atoms with E-state index < -0.39 is 10.0 Å². The number of nitrogens with one attached hydrogen (secondary N) is 1. The summed E-state index contributed by atoms with van der Waals surface area (Å²) in [4.78, 5) is 12.6. The summed E-state index contributed by atoms with van der Waals surface area (Å²) in [6, 6.07) is 22.8. The van der Waals surface area contributed by atoms with Gasteiger partial charge >= 0.3 is 0 Å². The molecule has 0 spiro atoms. The largest absolute Gasteiger partial charge is 0.322 e. The third-order valence-electron chi connectivity index (χ3n) is 4.36. The lowest BCUT2D eigenvalue weighted by Crippen LogP contribution is -2.26. The van der Waals surface area contributed by atoms with Crippen LogP contribution >= 0.6 is 0 Å². The van der Waals surface area contributed by atoms with Crippen molar-refractivity contribution in [1.29, 1.82) is 0 Å². The third-order valence-corrected chi connectivity index (χ3v) is 6.16. The highest BCUT2D eigenvalue weighted by atomic mass is 32.2. The van der Waals surface area contributed by atoms with Crippen molar-refractivity contribution in [3.63, 3.8) is 0 Å². The Hall–Kier alpha value is -2.96. The molecule has 0 aliphatic carbocycles. The number of hydrogen-bond acceptors (Lipinski definition) is 3. The Labute approximate surface area is 165 Å². The van der Waals surface area contributed by atoms with E-state index in [0.717, 1.165) is 11.1 Å². The minimum Gasteiger partial charge on any atom is -0.322 e. The highest BCUT2D eigenvalue weighted by molar-refractivity contribution is 7.89. The Balaban J connectivity index is 1.79.